The summed E-state index contributed by atoms with van der Waals surface area (Å²) in [6.45, 7) is 2.07. The molecule has 0 fully saturated rings. The summed E-state index contributed by atoms with van der Waals surface area (Å²) in [6.07, 6.45) is 0. The maximum absolute atomic E-state index is 13.3. The normalized spacial score (nSPS) is 10.4. The van der Waals surface area contributed by atoms with Crippen molar-refractivity contribution in [2.45, 2.75) is 11.8 Å². The molecule has 0 heterocycles. The van der Waals surface area contributed by atoms with Crippen LogP contribution in [0.1, 0.15) is 12.5 Å². The summed E-state index contributed by atoms with van der Waals surface area (Å²) in [5, 5.41) is 3.24. The van der Waals surface area contributed by atoms with Crippen molar-refractivity contribution in [1.29, 1.82) is 0 Å². The van der Waals surface area contributed by atoms with E-state index in [9.17, 15) is 4.39 Å². The van der Waals surface area contributed by atoms with Crippen molar-refractivity contribution < 1.29 is 4.39 Å². The van der Waals surface area contributed by atoms with E-state index in [1.54, 1.807) is 23.9 Å². The van der Waals surface area contributed by atoms with E-state index in [2.05, 4.69) is 28.2 Å². The summed E-state index contributed by atoms with van der Waals surface area (Å²) in [4.78, 5) is 1.38. The average Bonchev–Trinajstić information content (AvgIpc) is 2.43. The molecule has 0 aliphatic rings. The molecular formula is C15H14BrFN2S2. The van der Waals surface area contributed by atoms with E-state index in [0.29, 0.717) is 9.46 Å². The molecule has 6 heteroatoms. The van der Waals surface area contributed by atoms with Gasteiger partial charge in [0.25, 0.3) is 0 Å². The lowest BCUT2D eigenvalue weighted by atomic mass is 10.1. The van der Waals surface area contributed by atoms with E-state index in [1.807, 2.05) is 18.2 Å². The first-order valence-electron chi connectivity index (χ1n) is 6.30. The molecule has 0 atom stereocenters. The van der Waals surface area contributed by atoms with Gasteiger partial charge in [0.1, 0.15) is 10.8 Å². The molecule has 3 N–H and O–H groups in total. The van der Waals surface area contributed by atoms with Gasteiger partial charge in [-0.2, -0.15) is 0 Å². The van der Waals surface area contributed by atoms with Crippen LogP contribution in [0.2, 0.25) is 0 Å². The molecule has 0 aliphatic carbocycles. The number of thiocarbonyl (C=S) groups is 1. The Hall–Kier alpha value is -1.11. The first-order chi connectivity index (χ1) is 10.0. The van der Waals surface area contributed by atoms with E-state index in [0.717, 1.165) is 27.6 Å². The molecule has 0 aromatic heterocycles. The first kappa shape index (κ1) is 16.3. The molecule has 0 amide bonds. The topological polar surface area (TPSA) is 38.0 Å². The standard InChI is InChI=1S/C15H14BrFN2S2/c1-2-21-13-5-3-4-12(14(13)15(18)20)19-9-6-7-11(17)10(16)8-9/h3-8,19H,2H2,1H3,(H2,18,20). The Labute approximate surface area is 141 Å². The van der Waals surface area contributed by atoms with Crippen LogP contribution in [0.5, 0.6) is 0 Å². The van der Waals surface area contributed by atoms with Crippen LogP contribution in [0.4, 0.5) is 15.8 Å². The van der Waals surface area contributed by atoms with Crippen molar-refractivity contribution in [3.63, 3.8) is 0 Å². The number of benzene rings is 2. The lowest BCUT2D eigenvalue weighted by Crippen LogP contribution is -2.13. The van der Waals surface area contributed by atoms with Gasteiger partial charge in [-0.3, -0.25) is 0 Å². The van der Waals surface area contributed by atoms with Crippen LogP contribution in [0.3, 0.4) is 0 Å². The Morgan fingerprint density at radius 2 is 2.14 bits per heavy atom. The number of halogens is 2. The van der Waals surface area contributed by atoms with Gasteiger partial charge >= 0.3 is 0 Å². The lowest BCUT2D eigenvalue weighted by Gasteiger charge is -2.15. The Balaban J connectivity index is 2.41. The summed E-state index contributed by atoms with van der Waals surface area (Å²) >= 11 is 10.0. The Morgan fingerprint density at radius 1 is 1.38 bits per heavy atom. The average molecular weight is 385 g/mol. The van der Waals surface area contributed by atoms with Crippen molar-refractivity contribution in [1.82, 2.24) is 0 Å². The molecule has 0 radical (unpaired) electrons. The number of thioether (sulfide) groups is 1. The molecule has 0 saturated heterocycles. The SMILES string of the molecule is CCSc1cccc(Nc2ccc(F)c(Br)c2)c1C(N)=S. The fourth-order valence-corrected chi connectivity index (χ4v) is 3.41. The third-order valence-corrected chi connectivity index (χ3v) is 4.52. The third-order valence-electron chi connectivity index (χ3n) is 2.77. The van der Waals surface area contributed by atoms with Gasteiger partial charge in [0.2, 0.25) is 0 Å². The molecule has 0 bridgehead atoms. The van der Waals surface area contributed by atoms with Crippen LogP contribution < -0.4 is 11.1 Å². The Morgan fingerprint density at radius 3 is 2.76 bits per heavy atom. The van der Waals surface area contributed by atoms with Crippen LogP contribution in [0.15, 0.2) is 45.8 Å². The summed E-state index contributed by atoms with van der Waals surface area (Å²) in [7, 11) is 0. The minimum Gasteiger partial charge on any atom is -0.389 e. The lowest BCUT2D eigenvalue weighted by molar-refractivity contribution is 0.621. The molecule has 21 heavy (non-hydrogen) atoms. The van der Waals surface area contributed by atoms with E-state index >= 15 is 0 Å². The van der Waals surface area contributed by atoms with Crippen molar-refractivity contribution in [3.8, 4) is 0 Å². The van der Waals surface area contributed by atoms with Gasteiger partial charge in [0.05, 0.1) is 4.47 Å². The van der Waals surface area contributed by atoms with E-state index in [-0.39, 0.29) is 5.82 Å². The molecule has 2 aromatic rings. The second kappa shape index (κ2) is 7.24. The zero-order chi connectivity index (χ0) is 15.4. The number of anilines is 2. The van der Waals surface area contributed by atoms with E-state index in [4.69, 9.17) is 18.0 Å². The van der Waals surface area contributed by atoms with Crippen molar-refractivity contribution in [2.75, 3.05) is 11.1 Å². The van der Waals surface area contributed by atoms with Crippen molar-refractivity contribution in [3.05, 3.63) is 52.3 Å². The van der Waals surface area contributed by atoms with Crippen LogP contribution >= 0.6 is 39.9 Å². The van der Waals surface area contributed by atoms with Gasteiger partial charge in [-0.25, -0.2) is 4.39 Å². The molecule has 0 aliphatic heterocycles. The molecule has 2 rings (SSSR count). The van der Waals surface area contributed by atoms with Gasteiger partial charge in [-0.05, 0) is 52.0 Å². The fraction of sp³-hybridized carbons (Fsp3) is 0.133. The quantitative estimate of drug-likeness (QED) is 0.556. The number of nitrogens with one attached hydrogen (secondary N) is 1. The molecule has 2 aromatic carbocycles. The monoisotopic (exact) mass is 384 g/mol. The first-order valence-corrected chi connectivity index (χ1v) is 8.49. The molecule has 0 unspecified atom stereocenters. The highest BCUT2D eigenvalue weighted by molar-refractivity contribution is 9.10. The summed E-state index contributed by atoms with van der Waals surface area (Å²) in [5.41, 5.74) is 8.26. The smallest absolute Gasteiger partial charge is 0.137 e. The highest BCUT2D eigenvalue weighted by Gasteiger charge is 2.12. The number of hydrogen-bond donors (Lipinski definition) is 2. The van der Waals surface area contributed by atoms with Gasteiger partial charge in [-0.1, -0.05) is 25.2 Å². The van der Waals surface area contributed by atoms with Crippen LogP contribution in [-0.2, 0) is 0 Å². The van der Waals surface area contributed by atoms with Gasteiger partial charge in [-0.15, -0.1) is 11.8 Å². The summed E-state index contributed by atoms with van der Waals surface area (Å²) < 4.78 is 13.7. The van der Waals surface area contributed by atoms with Crippen molar-refractivity contribution >= 4 is 56.3 Å². The minimum absolute atomic E-state index is 0.301. The zero-order valence-corrected chi connectivity index (χ0v) is 14.5. The predicted octanol–water partition coefficient (Wildman–Crippen LogP) is 5.08. The van der Waals surface area contributed by atoms with Gasteiger partial charge < -0.3 is 11.1 Å². The molecule has 0 spiro atoms. The van der Waals surface area contributed by atoms with Crippen LogP contribution in [0, 0.1) is 5.82 Å². The Kier molecular flexibility index (Phi) is 5.61. The fourth-order valence-electron chi connectivity index (χ4n) is 1.89. The second-order valence-corrected chi connectivity index (χ2v) is 6.83. The van der Waals surface area contributed by atoms with Crippen molar-refractivity contribution in [2.24, 2.45) is 5.73 Å². The largest absolute Gasteiger partial charge is 0.389 e. The van der Waals surface area contributed by atoms with Crippen LogP contribution in [-0.4, -0.2) is 10.7 Å². The highest BCUT2D eigenvalue weighted by Crippen LogP contribution is 2.31. The molecule has 0 saturated carbocycles. The number of nitrogens with two attached hydrogens (primary N) is 1. The zero-order valence-electron chi connectivity index (χ0n) is 11.3. The summed E-state index contributed by atoms with van der Waals surface area (Å²) in [6, 6.07) is 10.6. The van der Waals surface area contributed by atoms with E-state index < -0.39 is 0 Å². The van der Waals surface area contributed by atoms with Gasteiger partial charge in [0.15, 0.2) is 0 Å². The maximum Gasteiger partial charge on any atom is 0.137 e. The molecular weight excluding hydrogens is 371 g/mol. The summed E-state index contributed by atoms with van der Waals surface area (Å²) in [5.74, 6) is 0.631. The Bertz CT molecular complexity index is 677. The second-order valence-electron chi connectivity index (χ2n) is 4.23. The highest BCUT2D eigenvalue weighted by atomic mass is 79.9. The maximum atomic E-state index is 13.3. The number of rotatable bonds is 5. The molecule has 110 valence electrons. The van der Waals surface area contributed by atoms with Gasteiger partial charge in [0, 0.05) is 21.8 Å². The number of hydrogen-bond acceptors (Lipinski definition) is 3. The third kappa shape index (κ3) is 3.96. The minimum atomic E-state index is -0.301. The van der Waals surface area contributed by atoms with Crippen LogP contribution in [0.25, 0.3) is 0 Å². The van der Waals surface area contributed by atoms with E-state index in [1.165, 1.54) is 6.07 Å². The molecule has 2 nitrogen and oxygen atoms in total. The predicted molar refractivity (Wildman–Crippen MR) is 96.1 cm³/mol.